The lowest BCUT2D eigenvalue weighted by atomic mass is 10.1. The summed E-state index contributed by atoms with van der Waals surface area (Å²) in [7, 11) is 0. The summed E-state index contributed by atoms with van der Waals surface area (Å²) in [4.78, 5) is 4.38. The van der Waals surface area contributed by atoms with Crippen molar-refractivity contribution in [3.8, 4) is 0 Å². The summed E-state index contributed by atoms with van der Waals surface area (Å²) in [6.07, 6.45) is -0.00967. The number of rotatable bonds is 7. The molecule has 0 bridgehead atoms. The van der Waals surface area contributed by atoms with E-state index >= 15 is 0 Å². The van der Waals surface area contributed by atoms with Gasteiger partial charge in [-0.3, -0.25) is 4.99 Å². The molecule has 2 aromatic rings. The molecule has 0 fully saturated rings. The third kappa shape index (κ3) is 7.47. The SMILES string of the molecule is CCNC(=NCC(O)c1ccc(F)cc1)NCCc1ccccc1Cl.I. The topological polar surface area (TPSA) is 56.7 Å². The minimum absolute atomic E-state index is 0. The average molecular weight is 492 g/mol. The standard InChI is InChI=1S/C19H23ClFN3O.HI/c1-2-22-19(23-12-11-14-5-3-4-6-17(14)20)24-13-18(25)15-7-9-16(21)10-8-15;/h3-10,18,25H,2,11-13H2,1H3,(H2,22,23,24);1H. The van der Waals surface area contributed by atoms with Gasteiger partial charge in [0.2, 0.25) is 0 Å². The number of nitrogens with one attached hydrogen (secondary N) is 2. The first kappa shape index (κ1) is 22.7. The molecule has 2 rings (SSSR count). The van der Waals surface area contributed by atoms with Crippen LogP contribution >= 0.6 is 35.6 Å². The van der Waals surface area contributed by atoms with E-state index in [4.69, 9.17) is 11.6 Å². The van der Waals surface area contributed by atoms with E-state index in [2.05, 4.69) is 15.6 Å². The second-order valence-electron chi connectivity index (χ2n) is 5.56. The average Bonchev–Trinajstić information content (AvgIpc) is 2.61. The zero-order valence-corrected chi connectivity index (χ0v) is 17.7. The van der Waals surface area contributed by atoms with Crippen molar-refractivity contribution in [1.29, 1.82) is 0 Å². The first-order valence-electron chi connectivity index (χ1n) is 8.29. The molecule has 26 heavy (non-hydrogen) atoms. The number of benzene rings is 2. The molecular formula is C19H24ClFIN3O. The lowest BCUT2D eigenvalue weighted by Crippen LogP contribution is -2.38. The van der Waals surface area contributed by atoms with Gasteiger partial charge in [0, 0.05) is 18.1 Å². The van der Waals surface area contributed by atoms with Gasteiger partial charge in [0.25, 0.3) is 0 Å². The van der Waals surface area contributed by atoms with Crippen LogP contribution in [-0.2, 0) is 6.42 Å². The van der Waals surface area contributed by atoms with Crippen LogP contribution in [0.15, 0.2) is 53.5 Å². The molecule has 0 aliphatic heterocycles. The van der Waals surface area contributed by atoms with E-state index in [0.29, 0.717) is 24.6 Å². The first-order chi connectivity index (χ1) is 12.1. The lowest BCUT2D eigenvalue weighted by molar-refractivity contribution is 0.187. The largest absolute Gasteiger partial charge is 0.386 e. The molecule has 0 aliphatic carbocycles. The van der Waals surface area contributed by atoms with Gasteiger partial charge in [-0.15, -0.1) is 24.0 Å². The van der Waals surface area contributed by atoms with Gasteiger partial charge in [-0.25, -0.2) is 4.39 Å². The highest BCUT2D eigenvalue weighted by Gasteiger charge is 2.08. The Hall–Kier alpha value is -1.38. The Morgan fingerprint density at radius 3 is 2.50 bits per heavy atom. The van der Waals surface area contributed by atoms with Crippen LogP contribution in [0.5, 0.6) is 0 Å². The van der Waals surface area contributed by atoms with E-state index in [1.807, 2.05) is 31.2 Å². The number of aliphatic imine (C=N–C) groups is 1. The van der Waals surface area contributed by atoms with Crippen LogP contribution in [0.4, 0.5) is 4.39 Å². The van der Waals surface area contributed by atoms with Crippen molar-refractivity contribution in [2.24, 2.45) is 4.99 Å². The van der Waals surface area contributed by atoms with Crippen molar-refractivity contribution in [2.45, 2.75) is 19.4 Å². The second kappa shape index (κ2) is 12.1. The fourth-order valence-corrected chi connectivity index (χ4v) is 2.56. The van der Waals surface area contributed by atoms with E-state index in [0.717, 1.165) is 17.0 Å². The van der Waals surface area contributed by atoms with E-state index < -0.39 is 6.10 Å². The Morgan fingerprint density at radius 1 is 1.15 bits per heavy atom. The van der Waals surface area contributed by atoms with Crippen LogP contribution in [0, 0.1) is 5.82 Å². The van der Waals surface area contributed by atoms with Gasteiger partial charge in [0.1, 0.15) is 5.82 Å². The number of hydrogen-bond donors (Lipinski definition) is 3. The fourth-order valence-electron chi connectivity index (χ4n) is 2.33. The second-order valence-corrected chi connectivity index (χ2v) is 5.96. The van der Waals surface area contributed by atoms with Gasteiger partial charge < -0.3 is 15.7 Å². The Morgan fingerprint density at radius 2 is 1.85 bits per heavy atom. The number of guanidine groups is 1. The Bertz CT molecular complexity index is 697. The number of aliphatic hydroxyl groups excluding tert-OH is 1. The van der Waals surface area contributed by atoms with Crippen LogP contribution in [0.2, 0.25) is 5.02 Å². The molecule has 3 N–H and O–H groups in total. The quantitative estimate of drug-likeness (QED) is 0.313. The highest BCUT2D eigenvalue weighted by atomic mass is 127. The molecule has 4 nitrogen and oxygen atoms in total. The molecule has 0 heterocycles. The Kier molecular flexibility index (Phi) is 10.5. The number of aliphatic hydroxyl groups is 1. The third-order valence-electron chi connectivity index (χ3n) is 3.67. The van der Waals surface area contributed by atoms with E-state index in [-0.39, 0.29) is 36.3 Å². The zero-order chi connectivity index (χ0) is 18.1. The maximum atomic E-state index is 12.9. The number of hydrogen-bond acceptors (Lipinski definition) is 2. The highest BCUT2D eigenvalue weighted by molar-refractivity contribution is 14.0. The molecule has 0 spiro atoms. The van der Waals surface area contributed by atoms with Crippen molar-refractivity contribution in [3.05, 3.63) is 70.5 Å². The normalized spacial score (nSPS) is 12.2. The van der Waals surface area contributed by atoms with Crippen molar-refractivity contribution in [1.82, 2.24) is 10.6 Å². The smallest absolute Gasteiger partial charge is 0.191 e. The molecule has 7 heteroatoms. The molecule has 0 amide bonds. The summed E-state index contributed by atoms with van der Waals surface area (Å²) in [5.74, 6) is 0.296. The van der Waals surface area contributed by atoms with E-state index in [1.165, 1.54) is 12.1 Å². The molecular weight excluding hydrogens is 468 g/mol. The molecule has 2 aromatic carbocycles. The molecule has 0 saturated carbocycles. The van der Waals surface area contributed by atoms with Gasteiger partial charge in [-0.1, -0.05) is 41.9 Å². The maximum absolute atomic E-state index is 12.9. The van der Waals surface area contributed by atoms with Gasteiger partial charge in [0.05, 0.1) is 12.6 Å². The molecule has 0 radical (unpaired) electrons. The van der Waals surface area contributed by atoms with Gasteiger partial charge in [-0.2, -0.15) is 0 Å². The molecule has 0 aromatic heterocycles. The predicted molar refractivity (Wildman–Crippen MR) is 116 cm³/mol. The van der Waals surface area contributed by atoms with Crippen LogP contribution in [0.3, 0.4) is 0 Å². The van der Waals surface area contributed by atoms with E-state index in [1.54, 1.807) is 12.1 Å². The van der Waals surface area contributed by atoms with Crippen molar-refractivity contribution >= 4 is 41.5 Å². The summed E-state index contributed by atoms with van der Waals surface area (Å²) in [5.41, 5.74) is 1.70. The van der Waals surface area contributed by atoms with Crippen molar-refractivity contribution in [2.75, 3.05) is 19.6 Å². The van der Waals surface area contributed by atoms with Gasteiger partial charge in [-0.05, 0) is 42.7 Å². The zero-order valence-electron chi connectivity index (χ0n) is 14.6. The fraction of sp³-hybridized carbons (Fsp3) is 0.316. The number of halogens is 3. The molecule has 1 atom stereocenters. The minimum Gasteiger partial charge on any atom is -0.386 e. The summed E-state index contributed by atoms with van der Waals surface area (Å²) in [6, 6.07) is 13.5. The van der Waals surface area contributed by atoms with Crippen LogP contribution in [-0.4, -0.2) is 30.7 Å². The van der Waals surface area contributed by atoms with Crippen molar-refractivity contribution in [3.63, 3.8) is 0 Å². The first-order valence-corrected chi connectivity index (χ1v) is 8.67. The molecule has 142 valence electrons. The molecule has 0 saturated heterocycles. The van der Waals surface area contributed by atoms with E-state index in [9.17, 15) is 9.50 Å². The van der Waals surface area contributed by atoms with Crippen LogP contribution < -0.4 is 10.6 Å². The van der Waals surface area contributed by atoms with Crippen LogP contribution in [0.1, 0.15) is 24.2 Å². The Labute approximate surface area is 175 Å². The monoisotopic (exact) mass is 491 g/mol. The Balaban J connectivity index is 0.00000338. The highest BCUT2D eigenvalue weighted by Crippen LogP contribution is 2.15. The molecule has 1 unspecified atom stereocenters. The van der Waals surface area contributed by atoms with Crippen molar-refractivity contribution < 1.29 is 9.50 Å². The summed E-state index contributed by atoms with van der Waals surface area (Å²) in [6.45, 7) is 3.54. The lowest BCUT2D eigenvalue weighted by Gasteiger charge is -2.13. The van der Waals surface area contributed by atoms with Crippen LogP contribution in [0.25, 0.3) is 0 Å². The summed E-state index contributed by atoms with van der Waals surface area (Å²) >= 11 is 6.15. The summed E-state index contributed by atoms with van der Waals surface area (Å²) in [5, 5.41) is 17.3. The minimum atomic E-state index is -0.778. The molecule has 0 aliphatic rings. The number of nitrogens with zero attached hydrogens (tertiary/aromatic N) is 1. The van der Waals surface area contributed by atoms with Gasteiger partial charge >= 0.3 is 0 Å². The predicted octanol–water partition coefficient (Wildman–Crippen LogP) is 3.93. The summed E-state index contributed by atoms with van der Waals surface area (Å²) < 4.78 is 12.9. The maximum Gasteiger partial charge on any atom is 0.191 e. The third-order valence-corrected chi connectivity index (χ3v) is 4.03. The van der Waals surface area contributed by atoms with Gasteiger partial charge in [0.15, 0.2) is 5.96 Å².